The second-order valence-electron chi connectivity index (χ2n) is 5.12. The van der Waals surface area contributed by atoms with E-state index in [1.54, 1.807) is 6.08 Å². The molecule has 2 rings (SSSR count). The number of nitrogens with zero attached hydrogens (tertiary/aromatic N) is 1. The number of hydrogen-bond donors (Lipinski definition) is 0. The molecule has 0 spiro atoms. The number of rotatable bonds is 4. The lowest BCUT2D eigenvalue weighted by molar-refractivity contribution is 0.0683. The molecule has 0 saturated carbocycles. The van der Waals surface area contributed by atoms with E-state index in [0.29, 0.717) is 12.5 Å². The van der Waals surface area contributed by atoms with Crippen LogP contribution in [-0.4, -0.2) is 30.5 Å². The Morgan fingerprint density at radius 3 is 2.84 bits per heavy atom. The standard InChI is InChI=1S/C16H21NO2/c1-3-11-19-15-8-6-14(7-9-15)16(18)17-10-4-5-13(2)12-17/h3,6-9,13H,1,4-5,10-12H2,2H3/t13-/m0/s1. The van der Waals surface area contributed by atoms with Gasteiger partial charge in [0.25, 0.3) is 5.91 Å². The van der Waals surface area contributed by atoms with E-state index in [1.165, 1.54) is 6.42 Å². The highest BCUT2D eigenvalue weighted by atomic mass is 16.5. The van der Waals surface area contributed by atoms with E-state index in [1.807, 2.05) is 29.2 Å². The van der Waals surface area contributed by atoms with Gasteiger partial charge in [-0.1, -0.05) is 19.6 Å². The van der Waals surface area contributed by atoms with Crippen molar-refractivity contribution in [1.82, 2.24) is 4.90 Å². The largest absolute Gasteiger partial charge is 0.490 e. The lowest BCUT2D eigenvalue weighted by Gasteiger charge is -2.31. The van der Waals surface area contributed by atoms with Gasteiger partial charge in [-0.25, -0.2) is 0 Å². The van der Waals surface area contributed by atoms with Gasteiger partial charge in [0.1, 0.15) is 12.4 Å². The van der Waals surface area contributed by atoms with Gasteiger partial charge < -0.3 is 9.64 Å². The van der Waals surface area contributed by atoms with Crippen LogP contribution in [0.25, 0.3) is 0 Å². The van der Waals surface area contributed by atoms with E-state index in [-0.39, 0.29) is 5.91 Å². The van der Waals surface area contributed by atoms with Gasteiger partial charge in [-0.15, -0.1) is 0 Å². The van der Waals surface area contributed by atoms with E-state index in [0.717, 1.165) is 30.8 Å². The molecule has 1 saturated heterocycles. The minimum absolute atomic E-state index is 0.127. The Bertz CT molecular complexity index is 439. The maximum Gasteiger partial charge on any atom is 0.253 e. The molecular formula is C16H21NO2. The first kappa shape index (κ1) is 13.7. The molecule has 1 heterocycles. The van der Waals surface area contributed by atoms with Gasteiger partial charge in [0.15, 0.2) is 0 Å². The quantitative estimate of drug-likeness (QED) is 0.777. The SMILES string of the molecule is C=CCOc1ccc(C(=O)N2CCC[C@H](C)C2)cc1. The predicted molar refractivity (Wildman–Crippen MR) is 76.4 cm³/mol. The Kier molecular flexibility index (Phi) is 4.61. The van der Waals surface area contributed by atoms with Crippen molar-refractivity contribution >= 4 is 5.91 Å². The Morgan fingerprint density at radius 2 is 2.21 bits per heavy atom. The van der Waals surface area contributed by atoms with Crippen molar-refractivity contribution in [1.29, 1.82) is 0 Å². The minimum atomic E-state index is 0.127. The Labute approximate surface area is 114 Å². The summed E-state index contributed by atoms with van der Waals surface area (Å²) in [6, 6.07) is 7.34. The van der Waals surface area contributed by atoms with Gasteiger partial charge in [0.05, 0.1) is 0 Å². The van der Waals surface area contributed by atoms with E-state index < -0.39 is 0 Å². The fourth-order valence-electron chi connectivity index (χ4n) is 2.41. The molecule has 0 unspecified atom stereocenters. The van der Waals surface area contributed by atoms with Crippen molar-refractivity contribution in [2.24, 2.45) is 5.92 Å². The number of carbonyl (C=O) groups excluding carboxylic acids is 1. The summed E-state index contributed by atoms with van der Waals surface area (Å²) in [6.45, 7) is 8.03. The number of ether oxygens (including phenoxy) is 1. The molecule has 1 aromatic rings. The van der Waals surface area contributed by atoms with Crippen LogP contribution in [-0.2, 0) is 0 Å². The lowest BCUT2D eigenvalue weighted by Crippen LogP contribution is -2.39. The Hall–Kier alpha value is -1.77. The Balaban J connectivity index is 2.00. The van der Waals surface area contributed by atoms with Gasteiger partial charge in [0, 0.05) is 18.7 Å². The maximum absolute atomic E-state index is 12.3. The summed E-state index contributed by atoms with van der Waals surface area (Å²) in [4.78, 5) is 14.3. The van der Waals surface area contributed by atoms with Crippen LogP contribution in [0.4, 0.5) is 0 Å². The fourth-order valence-corrected chi connectivity index (χ4v) is 2.41. The third-order valence-electron chi connectivity index (χ3n) is 3.41. The first-order valence-electron chi connectivity index (χ1n) is 6.83. The average Bonchev–Trinajstić information content (AvgIpc) is 2.45. The molecule has 0 bridgehead atoms. The average molecular weight is 259 g/mol. The zero-order chi connectivity index (χ0) is 13.7. The molecule has 1 fully saturated rings. The van der Waals surface area contributed by atoms with Crippen LogP contribution in [0.2, 0.25) is 0 Å². The van der Waals surface area contributed by atoms with Crippen LogP contribution in [0.5, 0.6) is 5.75 Å². The highest BCUT2D eigenvalue weighted by Crippen LogP contribution is 2.19. The van der Waals surface area contributed by atoms with Gasteiger partial charge in [0.2, 0.25) is 0 Å². The molecule has 0 N–H and O–H groups in total. The fraction of sp³-hybridized carbons (Fsp3) is 0.438. The van der Waals surface area contributed by atoms with Crippen molar-refractivity contribution in [3.63, 3.8) is 0 Å². The van der Waals surface area contributed by atoms with E-state index in [4.69, 9.17) is 4.74 Å². The van der Waals surface area contributed by atoms with Crippen LogP contribution >= 0.6 is 0 Å². The van der Waals surface area contributed by atoms with E-state index in [2.05, 4.69) is 13.5 Å². The second kappa shape index (κ2) is 6.41. The molecular weight excluding hydrogens is 238 g/mol. The van der Waals surface area contributed by atoms with Gasteiger partial charge in [-0.05, 0) is 43.0 Å². The summed E-state index contributed by atoms with van der Waals surface area (Å²) in [5.41, 5.74) is 0.736. The van der Waals surface area contributed by atoms with Crippen molar-refractivity contribution in [2.75, 3.05) is 19.7 Å². The number of amides is 1. The molecule has 19 heavy (non-hydrogen) atoms. The van der Waals surface area contributed by atoms with Crippen molar-refractivity contribution in [2.45, 2.75) is 19.8 Å². The maximum atomic E-state index is 12.3. The number of benzene rings is 1. The van der Waals surface area contributed by atoms with E-state index in [9.17, 15) is 4.79 Å². The summed E-state index contributed by atoms with van der Waals surface area (Å²) in [6.07, 6.45) is 4.03. The monoisotopic (exact) mass is 259 g/mol. The summed E-state index contributed by atoms with van der Waals surface area (Å²) >= 11 is 0. The van der Waals surface area contributed by atoms with Crippen LogP contribution in [0.3, 0.4) is 0 Å². The van der Waals surface area contributed by atoms with Crippen molar-refractivity contribution in [3.05, 3.63) is 42.5 Å². The van der Waals surface area contributed by atoms with Crippen molar-refractivity contribution < 1.29 is 9.53 Å². The van der Waals surface area contributed by atoms with Crippen LogP contribution in [0, 0.1) is 5.92 Å². The third-order valence-corrected chi connectivity index (χ3v) is 3.41. The van der Waals surface area contributed by atoms with Gasteiger partial charge >= 0.3 is 0 Å². The molecule has 1 aliphatic rings. The molecule has 3 nitrogen and oxygen atoms in total. The Morgan fingerprint density at radius 1 is 1.47 bits per heavy atom. The summed E-state index contributed by atoms with van der Waals surface area (Å²) in [7, 11) is 0. The van der Waals surface area contributed by atoms with E-state index >= 15 is 0 Å². The van der Waals surface area contributed by atoms with Crippen LogP contribution < -0.4 is 4.74 Å². The molecule has 3 heteroatoms. The molecule has 1 aliphatic heterocycles. The number of carbonyl (C=O) groups is 1. The van der Waals surface area contributed by atoms with Gasteiger partial charge in [-0.2, -0.15) is 0 Å². The third kappa shape index (κ3) is 3.60. The zero-order valence-corrected chi connectivity index (χ0v) is 11.5. The first-order chi connectivity index (χ1) is 9.20. The van der Waals surface area contributed by atoms with Crippen LogP contribution in [0.1, 0.15) is 30.1 Å². The minimum Gasteiger partial charge on any atom is -0.490 e. The molecule has 0 aliphatic carbocycles. The molecule has 1 amide bonds. The zero-order valence-electron chi connectivity index (χ0n) is 11.5. The molecule has 1 atom stereocenters. The topological polar surface area (TPSA) is 29.5 Å². The smallest absolute Gasteiger partial charge is 0.253 e. The number of hydrogen-bond acceptors (Lipinski definition) is 2. The summed E-state index contributed by atoms with van der Waals surface area (Å²) in [5.74, 6) is 1.50. The number of likely N-dealkylation sites (tertiary alicyclic amines) is 1. The van der Waals surface area contributed by atoms with Gasteiger partial charge in [-0.3, -0.25) is 4.79 Å². The van der Waals surface area contributed by atoms with Crippen molar-refractivity contribution in [3.8, 4) is 5.75 Å². The predicted octanol–water partition coefficient (Wildman–Crippen LogP) is 3.12. The molecule has 1 aromatic carbocycles. The first-order valence-corrected chi connectivity index (χ1v) is 6.83. The molecule has 102 valence electrons. The highest BCUT2D eigenvalue weighted by molar-refractivity contribution is 5.94. The van der Waals surface area contributed by atoms with Crippen LogP contribution in [0.15, 0.2) is 36.9 Å². The lowest BCUT2D eigenvalue weighted by atomic mass is 9.99. The summed E-state index contributed by atoms with van der Waals surface area (Å²) in [5, 5.41) is 0. The number of piperidine rings is 1. The second-order valence-corrected chi connectivity index (χ2v) is 5.12. The molecule has 0 radical (unpaired) electrons. The summed E-state index contributed by atoms with van der Waals surface area (Å²) < 4.78 is 5.41. The highest BCUT2D eigenvalue weighted by Gasteiger charge is 2.21. The molecule has 0 aromatic heterocycles. The normalized spacial score (nSPS) is 19.0.